The molecule has 19 heavy (non-hydrogen) atoms. The van der Waals surface area contributed by atoms with E-state index < -0.39 is 15.8 Å². The standard InChI is InChI=1S/C12H17FN2O3S/c1-18-11-4-5-15(8-11)19(16,17)12-6-10(13)3-2-9(12)7-14/h2-3,6,11H,4-5,7-8,14H2,1H3. The van der Waals surface area contributed by atoms with Gasteiger partial charge in [0, 0.05) is 26.7 Å². The summed E-state index contributed by atoms with van der Waals surface area (Å²) in [5, 5.41) is 0. The lowest BCUT2D eigenvalue weighted by Gasteiger charge is -2.18. The summed E-state index contributed by atoms with van der Waals surface area (Å²) in [6.07, 6.45) is 0.535. The van der Waals surface area contributed by atoms with Gasteiger partial charge in [0.05, 0.1) is 11.0 Å². The van der Waals surface area contributed by atoms with Gasteiger partial charge in [-0.15, -0.1) is 0 Å². The Balaban J connectivity index is 2.37. The van der Waals surface area contributed by atoms with Gasteiger partial charge in [0.25, 0.3) is 0 Å². The van der Waals surface area contributed by atoms with Crippen LogP contribution < -0.4 is 5.73 Å². The van der Waals surface area contributed by atoms with E-state index in [1.165, 1.54) is 16.4 Å². The molecule has 1 aromatic rings. The molecule has 2 rings (SSSR count). The third-order valence-electron chi connectivity index (χ3n) is 3.31. The normalized spacial score (nSPS) is 20.9. The van der Waals surface area contributed by atoms with Crippen molar-refractivity contribution in [2.75, 3.05) is 20.2 Å². The number of sulfonamides is 1. The highest BCUT2D eigenvalue weighted by Gasteiger charge is 2.33. The number of benzene rings is 1. The van der Waals surface area contributed by atoms with E-state index in [0.717, 1.165) is 6.07 Å². The fourth-order valence-electron chi connectivity index (χ4n) is 2.18. The van der Waals surface area contributed by atoms with Crippen molar-refractivity contribution < 1.29 is 17.5 Å². The minimum absolute atomic E-state index is 0.0493. The Morgan fingerprint density at radius 3 is 2.84 bits per heavy atom. The molecule has 5 nitrogen and oxygen atoms in total. The van der Waals surface area contributed by atoms with Crippen molar-refractivity contribution in [3.05, 3.63) is 29.6 Å². The predicted octanol–water partition coefficient (Wildman–Crippen LogP) is 0.694. The average Bonchev–Trinajstić information content (AvgIpc) is 2.88. The maximum Gasteiger partial charge on any atom is 0.243 e. The van der Waals surface area contributed by atoms with Crippen LogP contribution in [-0.4, -0.2) is 39.0 Å². The predicted molar refractivity (Wildman–Crippen MR) is 68.5 cm³/mol. The van der Waals surface area contributed by atoms with Gasteiger partial charge in [0.1, 0.15) is 5.82 Å². The Hall–Kier alpha value is -1.02. The van der Waals surface area contributed by atoms with Gasteiger partial charge in [-0.25, -0.2) is 12.8 Å². The molecule has 0 radical (unpaired) electrons. The Morgan fingerprint density at radius 1 is 1.53 bits per heavy atom. The molecule has 106 valence electrons. The SMILES string of the molecule is COC1CCN(S(=O)(=O)c2cc(F)ccc2CN)C1. The van der Waals surface area contributed by atoms with Crippen LogP contribution in [0.25, 0.3) is 0 Å². The van der Waals surface area contributed by atoms with Gasteiger partial charge >= 0.3 is 0 Å². The van der Waals surface area contributed by atoms with Crippen LogP contribution in [-0.2, 0) is 21.3 Å². The summed E-state index contributed by atoms with van der Waals surface area (Å²) >= 11 is 0. The molecular formula is C12H17FN2O3S. The van der Waals surface area contributed by atoms with Gasteiger partial charge in [-0.1, -0.05) is 6.07 Å². The van der Waals surface area contributed by atoms with Crippen molar-refractivity contribution in [1.82, 2.24) is 4.31 Å². The zero-order chi connectivity index (χ0) is 14.0. The van der Waals surface area contributed by atoms with Gasteiger partial charge in [0.15, 0.2) is 0 Å². The number of rotatable bonds is 4. The summed E-state index contributed by atoms with van der Waals surface area (Å²) in [5.74, 6) is -0.585. The van der Waals surface area contributed by atoms with Crippen LogP contribution in [0.15, 0.2) is 23.1 Å². The van der Waals surface area contributed by atoms with E-state index in [2.05, 4.69) is 0 Å². The molecule has 1 unspecified atom stereocenters. The van der Waals surface area contributed by atoms with Gasteiger partial charge in [-0.3, -0.25) is 0 Å². The largest absolute Gasteiger partial charge is 0.380 e. The first-order valence-electron chi connectivity index (χ1n) is 6.00. The first-order valence-corrected chi connectivity index (χ1v) is 7.44. The third-order valence-corrected chi connectivity index (χ3v) is 5.26. The fourth-order valence-corrected chi connectivity index (χ4v) is 3.92. The molecule has 7 heteroatoms. The van der Waals surface area contributed by atoms with E-state index in [9.17, 15) is 12.8 Å². The molecule has 0 aliphatic carbocycles. The molecule has 2 N–H and O–H groups in total. The molecule has 0 saturated carbocycles. The van der Waals surface area contributed by atoms with E-state index in [1.54, 1.807) is 7.11 Å². The molecule has 0 aromatic heterocycles. The zero-order valence-electron chi connectivity index (χ0n) is 10.7. The molecule has 1 heterocycles. The molecule has 0 bridgehead atoms. The quantitative estimate of drug-likeness (QED) is 0.885. The lowest BCUT2D eigenvalue weighted by molar-refractivity contribution is 0.115. The number of hydrogen-bond donors (Lipinski definition) is 1. The molecule has 1 aliphatic rings. The molecule has 1 aromatic carbocycles. The van der Waals surface area contributed by atoms with Gasteiger partial charge in [-0.05, 0) is 24.1 Å². The Kier molecular flexibility index (Phi) is 4.19. The summed E-state index contributed by atoms with van der Waals surface area (Å²) < 4.78 is 44.7. The maximum atomic E-state index is 13.3. The Bertz CT molecular complexity index is 562. The summed E-state index contributed by atoms with van der Waals surface area (Å²) in [6.45, 7) is 0.719. The third kappa shape index (κ3) is 2.79. The molecule has 1 aliphatic heterocycles. The van der Waals surface area contributed by atoms with Crippen molar-refractivity contribution in [2.24, 2.45) is 5.73 Å². The number of hydrogen-bond acceptors (Lipinski definition) is 4. The second-order valence-electron chi connectivity index (χ2n) is 4.47. The van der Waals surface area contributed by atoms with E-state index >= 15 is 0 Å². The van der Waals surface area contributed by atoms with Crippen LogP contribution in [0.1, 0.15) is 12.0 Å². The number of ether oxygens (including phenoxy) is 1. The van der Waals surface area contributed by atoms with Crippen LogP contribution in [0, 0.1) is 5.82 Å². The minimum Gasteiger partial charge on any atom is -0.380 e. The monoisotopic (exact) mass is 288 g/mol. The lowest BCUT2D eigenvalue weighted by atomic mass is 10.2. The number of nitrogens with zero attached hydrogens (tertiary/aromatic N) is 1. The molecule has 0 spiro atoms. The molecule has 1 atom stereocenters. The van der Waals surface area contributed by atoms with Crippen molar-refractivity contribution in [3.63, 3.8) is 0 Å². The lowest BCUT2D eigenvalue weighted by Crippen LogP contribution is -2.31. The van der Waals surface area contributed by atoms with Crippen molar-refractivity contribution in [2.45, 2.75) is 24.0 Å². The Morgan fingerprint density at radius 2 is 2.26 bits per heavy atom. The van der Waals surface area contributed by atoms with Crippen LogP contribution in [0.4, 0.5) is 4.39 Å². The second kappa shape index (κ2) is 5.54. The highest BCUT2D eigenvalue weighted by molar-refractivity contribution is 7.89. The number of halogens is 1. The van der Waals surface area contributed by atoms with Gasteiger partial charge in [0.2, 0.25) is 10.0 Å². The van der Waals surface area contributed by atoms with Crippen LogP contribution >= 0.6 is 0 Å². The number of methoxy groups -OCH3 is 1. The summed E-state index contributed by atoms with van der Waals surface area (Å²) in [4.78, 5) is -0.0493. The van der Waals surface area contributed by atoms with E-state index in [4.69, 9.17) is 10.5 Å². The summed E-state index contributed by atoms with van der Waals surface area (Å²) in [7, 11) is -2.16. The second-order valence-corrected chi connectivity index (χ2v) is 6.37. The molecule has 0 amide bonds. The van der Waals surface area contributed by atoms with Gasteiger partial charge < -0.3 is 10.5 Å². The highest BCUT2D eigenvalue weighted by atomic mass is 32.2. The van der Waals surface area contributed by atoms with Crippen molar-refractivity contribution in [3.8, 4) is 0 Å². The smallest absolute Gasteiger partial charge is 0.243 e. The average molecular weight is 288 g/mol. The van der Waals surface area contributed by atoms with E-state index in [1.807, 2.05) is 0 Å². The van der Waals surface area contributed by atoms with Crippen molar-refractivity contribution >= 4 is 10.0 Å². The number of nitrogens with two attached hydrogens (primary N) is 1. The first kappa shape index (κ1) is 14.4. The molecular weight excluding hydrogens is 271 g/mol. The van der Waals surface area contributed by atoms with Crippen LogP contribution in [0.5, 0.6) is 0 Å². The van der Waals surface area contributed by atoms with E-state index in [-0.39, 0.29) is 17.5 Å². The van der Waals surface area contributed by atoms with Crippen LogP contribution in [0.2, 0.25) is 0 Å². The fraction of sp³-hybridized carbons (Fsp3) is 0.500. The zero-order valence-corrected chi connectivity index (χ0v) is 11.5. The molecule has 1 fully saturated rings. The minimum atomic E-state index is -3.71. The van der Waals surface area contributed by atoms with Gasteiger partial charge in [-0.2, -0.15) is 4.31 Å². The van der Waals surface area contributed by atoms with Crippen LogP contribution in [0.3, 0.4) is 0 Å². The molecule has 1 saturated heterocycles. The Labute approximate surface area is 112 Å². The summed E-state index contributed by atoms with van der Waals surface area (Å²) in [6, 6.07) is 3.65. The topological polar surface area (TPSA) is 72.6 Å². The van der Waals surface area contributed by atoms with Crippen molar-refractivity contribution in [1.29, 1.82) is 0 Å². The first-order chi connectivity index (χ1) is 8.98. The van der Waals surface area contributed by atoms with E-state index in [0.29, 0.717) is 25.1 Å². The maximum absolute atomic E-state index is 13.3. The highest BCUT2D eigenvalue weighted by Crippen LogP contribution is 2.25. The summed E-state index contributed by atoms with van der Waals surface area (Å²) in [5.41, 5.74) is 5.94.